The van der Waals surface area contributed by atoms with Crippen LogP contribution in [0.25, 0.3) is 0 Å². The van der Waals surface area contributed by atoms with Gasteiger partial charge in [-0.3, -0.25) is 4.99 Å². The largest absolute Gasteiger partial charge is 0.370 e. The average molecular weight is 169 g/mol. The summed E-state index contributed by atoms with van der Waals surface area (Å²) in [6, 6.07) is 1.01. The summed E-state index contributed by atoms with van der Waals surface area (Å²) >= 11 is 0. The van der Waals surface area contributed by atoms with Gasteiger partial charge in [0.25, 0.3) is 0 Å². The minimum absolute atomic E-state index is 0.493. The van der Waals surface area contributed by atoms with Gasteiger partial charge in [0.05, 0.1) is 6.04 Å². The fourth-order valence-corrected chi connectivity index (χ4v) is 1.14. The van der Waals surface area contributed by atoms with E-state index in [1.165, 1.54) is 12.8 Å². The van der Waals surface area contributed by atoms with Crippen LogP contribution in [-0.4, -0.2) is 18.0 Å². The fraction of sp³-hybridized carbons (Fsp3) is 0.889. The van der Waals surface area contributed by atoms with Crippen LogP contribution in [0.4, 0.5) is 0 Å². The molecule has 1 fully saturated rings. The minimum atomic E-state index is 0.493. The summed E-state index contributed by atoms with van der Waals surface area (Å²) in [6.07, 6.45) is 4.64. The van der Waals surface area contributed by atoms with Gasteiger partial charge in [0.2, 0.25) is 0 Å². The first kappa shape index (κ1) is 9.36. The number of rotatable bonds is 4. The molecule has 0 aromatic rings. The Labute approximate surface area is 74.4 Å². The van der Waals surface area contributed by atoms with Crippen LogP contribution in [0.1, 0.15) is 39.5 Å². The molecule has 0 spiro atoms. The Morgan fingerprint density at radius 1 is 1.50 bits per heavy atom. The third-order valence-corrected chi connectivity index (χ3v) is 2.21. The Kier molecular flexibility index (Phi) is 3.38. The highest BCUT2D eigenvalue weighted by atomic mass is 15.1. The third kappa shape index (κ3) is 3.11. The first-order chi connectivity index (χ1) is 5.76. The molecule has 12 heavy (non-hydrogen) atoms. The van der Waals surface area contributed by atoms with E-state index in [0.29, 0.717) is 18.0 Å². The molecule has 1 saturated carbocycles. The molecular formula is C9H19N3. The lowest BCUT2D eigenvalue weighted by molar-refractivity contribution is 0.566. The highest BCUT2D eigenvalue weighted by Gasteiger charge is 2.20. The number of nitrogens with one attached hydrogen (secondary N) is 1. The molecule has 0 aliphatic heterocycles. The molecule has 0 aromatic carbocycles. The maximum atomic E-state index is 5.71. The molecule has 3 heteroatoms. The Morgan fingerprint density at radius 3 is 2.50 bits per heavy atom. The number of guanidine groups is 1. The van der Waals surface area contributed by atoms with Crippen molar-refractivity contribution in [2.45, 2.75) is 51.6 Å². The SMILES string of the molecule is CCC(CC)NC(N)=NC1CC1. The quantitative estimate of drug-likeness (QED) is 0.491. The zero-order valence-corrected chi connectivity index (χ0v) is 8.01. The fourth-order valence-electron chi connectivity index (χ4n) is 1.14. The van der Waals surface area contributed by atoms with Crippen LogP contribution in [0.2, 0.25) is 0 Å². The number of aliphatic imine (C=N–C) groups is 1. The third-order valence-electron chi connectivity index (χ3n) is 2.21. The molecule has 70 valence electrons. The number of hydrogen-bond donors (Lipinski definition) is 2. The molecule has 0 atom stereocenters. The van der Waals surface area contributed by atoms with Crippen molar-refractivity contribution >= 4 is 5.96 Å². The van der Waals surface area contributed by atoms with Crippen LogP contribution in [0.3, 0.4) is 0 Å². The van der Waals surface area contributed by atoms with Crippen molar-refractivity contribution < 1.29 is 0 Å². The van der Waals surface area contributed by atoms with Gasteiger partial charge >= 0.3 is 0 Å². The lowest BCUT2D eigenvalue weighted by atomic mass is 10.2. The molecule has 0 aromatic heterocycles. The molecule has 1 rings (SSSR count). The lowest BCUT2D eigenvalue weighted by Gasteiger charge is -2.14. The number of nitrogens with two attached hydrogens (primary N) is 1. The van der Waals surface area contributed by atoms with Crippen molar-refractivity contribution in [2.75, 3.05) is 0 Å². The van der Waals surface area contributed by atoms with Gasteiger partial charge in [-0.2, -0.15) is 0 Å². The Morgan fingerprint density at radius 2 is 2.08 bits per heavy atom. The predicted octanol–water partition coefficient (Wildman–Crippen LogP) is 1.24. The van der Waals surface area contributed by atoms with Gasteiger partial charge in [-0.15, -0.1) is 0 Å². The Bertz CT molecular complexity index is 157. The van der Waals surface area contributed by atoms with E-state index in [2.05, 4.69) is 24.2 Å². The van der Waals surface area contributed by atoms with E-state index in [0.717, 1.165) is 12.8 Å². The van der Waals surface area contributed by atoms with Crippen LogP contribution in [0, 0.1) is 0 Å². The zero-order valence-electron chi connectivity index (χ0n) is 8.01. The van der Waals surface area contributed by atoms with E-state index < -0.39 is 0 Å². The van der Waals surface area contributed by atoms with Crippen molar-refractivity contribution in [3.05, 3.63) is 0 Å². The smallest absolute Gasteiger partial charge is 0.189 e. The predicted molar refractivity (Wildman–Crippen MR) is 52.2 cm³/mol. The second-order valence-corrected chi connectivity index (χ2v) is 3.40. The van der Waals surface area contributed by atoms with Crippen molar-refractivity contribution in [2.24, 2.45) is 10.7 Å². The van der Waals surface area contributed by atoms with Crippen LogP contribution in [0.15, 0.2) is 4.99 Å². The lowest BCUT2D eigenvalue weighted by Crippen LogP contribution is -2.39. The number of hydrogen-bond acceptors (Lipinski definition) is 1. The Balaban J connectivity index is 2.26. The van der Waals surface area contributed by atoms with E-state index >= 15 is 0 Å². The van der Waals surface area contributed by atoms with Gasteiger partial charge in [-0.1, -0.05) is 13.8 Å². The molecule has 0 radical (unpaired) electrons. The normalized spacial score (nSPS) is 18.4. The highest BCUT2D eigenvalue weighted by Crippen LogP contribution is 2.22. The van der Waals surface area contributed by atoms with Crippen LogP contribution >= 0.6 is 0 Å². The van der Waals surface area contributed by atoms with Gasteiger partial charge in [-0.25, -0.2) is 0 Å². The summed E-state index contributed by atoms with van der Waals surface area (Å²) in [7, 11) is 0. The minimum Gasteiger partial charge on any atom is -0.370 e. The first-order valence-corrected chi connectivity index (χ1v) is 4.86. The summed E-state index contributed by atoms with van der Waals surface area (Å²) in [6.45, 7) is 4.32. The van der Waals surface area contributed by atoms with Crippen molar-refractivity contribution in [3.8, 4) is 0 Å². The summed E-state index contributed by atoms with van der Waals surface area (Å²) in [5.41, 5.74) is 5.71. The van der Waals surface area contributed by atoms with Gasteiger partial charge in [0.15, 0.2) is 5.96 Å². The molecule has 1 aliphatic rings. The molecule has 0 amide bonds. The maximum absolute atomic E-state index is 5.71. The highest BCUT2D eigenvalue weighted by molar-refractivity contribution is 5.78. The molecule has 0 bridgehead atoms. The summed E-state index contributed by atoms with van der Waals surface area (Å²) in [5.74, 6) is 0.631. The summed E-state index contributed by atoms with van der Waals surface area (Å²) < 4.78 is 0. The van der Waals surface area contributed by atoms with Gasteiger partial charge in [0, 0.05) is 6.04 Å². The zero-order chi connectivity index (χ0) is 8.97. The average Bonchev–Trinajstić information content (AvgIpc) is 2.84. The summed E-state index contributed by atoms with van der Waals surface area (Å²) in [5, 5.41) is 3.22. The monoisotopic (exact) mass is 169 g/mol. The second kappa shape index (κ2) is 4.33. The molecule has 0 heterocycles. The maximum Gasteiger partial charge on any atom is 0.189 e. The molecule has 0 unspecified atom stereocenters. The molecule has 3 N–H and O–H groups in total. The summed E-state index contributed by atoms with van der Waals surface area (Å²) in [4.78, 5) is 4.31. The Hall–Kier alpha value is -0.730. The van der Waals surface area contributed by atoms with Gasteiger partial charge < -0.3 is 11.1 Å². The van der Waals surface area contributed by atoms with E-state index in [1.807, 2.05) is 0 Å². The molecular weight excluding hydrogens is 150 g/mol. The molecule has 0 saturated heterocycles. The van der Waals surface area contributed by atoms with Crippen molar-refractivity contribution in [1.29, 1.82) is 0 Å². The van der Waals surface area contributed by atoms with Crippen LogP contribution in [0.5, 0.6) is 0 Å². The van der Waals surface area contributed by atoms with Crippen LogP contribution in [-0.2, 0) is 0 Å². The van der Waals surface area contributed by atoms with Crippen LogP contribution < -0.4 is 11.1 Å². The van der Waals surface area contributed by atoms with E-state index in [9.17, 15) is 0 Å². The van der Waals surface area contributed by atoms with Crippen molar-refractivity contribution in [1.82, 2.24) is 5.32 Å². The molecule has 1 aliphatic carbocycles. The number of nitrogens with zero attached hydrogens (tertiary/aromatic N) is 1. The van der Waals surface area contributed by atoms with Crippen molar-refractivity contribution in [3.63, 3.8) is 0 Å². The molecule has 3 nitrogen and oxygen atoms in total. The first-order valence-electron chi connectivity index (χ1n) is 4.86. The second-order valence-electron chi connectivity index (χ2n) is 3.40. The van der Waals surface area contributed by atoms with E-state index in [-0.39, 0.29) is 0 Å². The van der Waals surface area contributed by atoms with Gasteiger partial charge in [-0.05, 0) is 25.7 Å². The topological polar surface area (TPSA) is 50.4 Å². The van der Waals surface area contributed by atoms with E-state index in [1.54, 1.807) is 0 Å². The van der Waals surface area contributed by atoms with Gasteiger partial charge in [0.1, 0.15) is 0 Å². The standard InChI is InChI=1S/C9H19N3/c1-3-7(4-2)11-9(10)12-8-5-6-8/h7-8H,3-6H2,1-2H3,(H3,10,11,12). The van der Waals surface area contributed by atoms with E-state index in [4.69, 9.17) is 5.73 Å².